The van der Waals surface area contributed by atoms with Gasteiger partial charge in [0.1, 0.15) is 24.4 Å². The maximum absolute atomic E-state index is 13.2. The van der Waals surface area contributed by atoms with Gasteiger partial charge in [0, 0.05) is 6.42 Å². The summed E-state index contributed by atoms with van der Waals surface area (Å²) in [5.74, 6) is -0.579. The Hall–Kier alpha value is -3.85. The molecule has 190 valence electrons. The molecule has 3 aromatic rings. The quantitative estimate of drug-likeness (QED) is 0.304. The molecule has 0 radical (unpaired) electrons. The molecule has 3 rings (SSSR count). The average molecular weight is 511 g/mol. The van der Waals surface area contributed by atoms with Crippen LogP contribution < -0.4 is 14.4 Å². The van der Waals surface area contributed by atoms with Crippen molar-refractivity contribution < 1.29 is 27.5 Å². The summed E-state index contributed by atoms with van der Waals surface area (Å²) in [5.41, 5.74) is 2.68. The first-order valence-corrected chi connectivity index (χ1v) is 12.6. The molecule has 0 aliphatic heterocycles. The van der Waals surface area contributed by atoms with Crippen LogP contribution >= 0.6 is 0 Å². The fraction of sp³-hybridized carbons (Fsp3) is 0.259. The molecule has 0 aliphatic rings. The predicted molar refractivity (Wildman–Crippen MR) is 138 cm³/mol. The topological polar surface area (TPSA) is 102 Å². The second-order valence-corrected chi connectivity index (χ2v) is 9.16. The number of aryl methyl sites for hydroxylation is 1. The van der Waals surface area contributed by atoms with Crippen molar-refractivity contribution in [1.82, 2.24) is 5.32 Å². The number of rotatable bonds is 11. The SMILES string of the molecule is COc1ccc(C[C@H](NC(=O)[C@H](C)N(c2ccccc2C)[SH](=O)=O)C(=O)OCc2ccccc2)cc1. The fourth-order valence-electron chi connectivity index (χ4n) is 3.68. The van der Waals surface area contributed by atoms with Crippen LogP contribution in [0.15, 0.2) is 78.9 Å². The molecule has 0 unspecified atom stereocenters. The van der Waals surface area contributed by atoms with Crippen LogP contribution in [0.25, 0.3) is 0 Å². The van der Waals surface area contributed by atoms with Crippen LogP contribution in [0.5, 0.6) is 5.75 Å². The molecule has 2 atom stereocenters. The highest BCUT2D eigenvalue weighted by Gasteiger charge is 2.30. The van der Waals surface area contributed by atoms with E-state index in [1.54, 1.807) is 62.6 Å². The lowest BCUT2D eigenvalue weighted by Gasteiger charge is -2.27. The van der Waals surface area contributed by atoms with Crippen molar-refractivity contribution in [3.63, 3.8) is 0 Å². The molecule has 36 heavy (non-hydrogen) atoms. The number of amides is 1. The van der Waals surface area contributed by atoms with Gasteiger partial charge in [0.25, 0.3) is 0 Å². The maximum Gasteiger partial charge on any atom is 0.329 e. The molecule has 0 spiro atoms. The number of nitrogens with one attached hydrogen (secondary N) is 1. The first kappa shape index (κ1) is 26.7. The van der Waals surface area contributed by atoms with Gasteiger partial charge in [-0.15, -0.1) is 0 Å². The summed E-state index contributed by atoms with van der Waals surface area (Å²) < 4.78 is 35.9. The van der Waals surface area contributed by atoms with Crippen molar-refractivity contribution in [1.29, 1.82) is 0 Å². The van der Waals surface area contributed by atoms with Gasteiger partial charge >= 0.3 is 5.97 Å². The van der Waals surface area contributed by atoms with E-state index in [1.807, 2.05) is 30.3 Å². The Labute approximate surface area is 212 Å². The molecule has 0 bridgehead atoms. The van der Waals surface area contributed by atoms with Crippen molar-refractivity contribution >= 4 is 28.5 Å². The summed E-state index contributed by atoms with van der Waals surface area (Å²) in [4.78, 5) is 26.2. The zero-order valence-electron chi connectivity index (χ0n) is 20.4. The van der Waals surface area contributed by atoms with Gasteiger partial charge in [-0.25, -0.2) is 13.2 Å². The van der Waals surface area contributed by atoms with Gasteiger partial charge in [0.15, 0.2) is 0 Å². The number of hydrogen-bond donors (Lipinski definition) is 2. The fourth-order valence-corrected chi connectivity index (χ4v) is 4.47. The van der Waals surface area contributed by atoms with Crippen LogP contribution in [0.4, 0.5) is 5.69 Å². The molecular weight excluding hydrogens is 480 g/mol. The average Bonchev–Trinajstić information content (AvgIpc) is 2.88. The molecule has 8 nitrogen and oxygen atoms in total. The molecule has 1 amide bonds. The smallest absolute Gasteiger partial charge is 0.329 e. The summed E-state index contributed by atoms with van der Waals surface area (Å²) in [5, 5.41) is 2.70. The number of esters is 1. The van der Waals surface area contributed by atoms with Crippen molar-refractivity contribution in [3.8, 4) is 5.75 Å². The number of benzene rings is 3. The van der Waals surface area contributed by atoms with Gasteiger partial charge in [-0.1, -0.05) is 60.7 Å². The van der Waals surface area contributed by atoms with Crippen molar-refractivity contribution in [3.05, 3.63) is 95.6 Å². The number of carbonyl (C=O) groups excluding carboxylic acids is 2. The Kier molecular flexibility index (Phi) is 9.46. The Morgan fingerprint density at radius 1 is 0.917 bits per heavy atom. The molecular formula is C27H30N2O6S. The summed E-state index contributed by atoms with van der Waals surface area (Å²) in [6, 6.07) is 21.1. The van der Waals surface area contributed by atoms with E-state index in [9.17, 15) is 18.0 Å². The summed E-state index contributed by atoms with van der Waals surface area (Å²) in [6.07, 6.45) is 0.157. The van der Waals surface area contributed by atoms with Gasteiger partial charge < -0.3 is 14.8 Å². The lowest BCUT2D eigenvalue weighted by atomic mass is 10.1. The monoisotopic (exact) mass is 510 g/mol. The van der Waals surface area contributed by atoms with Crippen LogP contribution in [0, 0.1) is 6.92 Å². The van der Waals surface area contributed by atoms with Crippen LogP contribution in [0.2, 0.25) is 0 Å². The van der Waals surface area contributed by atoms with E-state index in [2.05, 4.69) is 5.32 Å². The minimum atomic E-state index is -3.12. The van der Waals surface area contributed by atoms with E-state index in [-0.39, 0.29) is 13.0 Å². The van der Waals surface area contributed by atoms with Crippen LogP contribution in [-0.4, -0.2) is 39.5 Å². The molecule has 0 fully saturated rings. The second kappa shape index (κ2) is 12.7. The highest BCUT2D eigenvalue weighted by Crippen LogP contribution is 2.22. The highest BCUT2D eigenvalue weighted by molar-refractivity contribution is 7.74. The number of anilines is 1. The van der Waals surface area contributed by atoms with Crippen molar-refractivity contribution in [2.45, 2.75) is 39.0 Å². The van der Waals surface area contributed by atoms with Gasteiger partial charge in [0.2, 0.25) is 16.8 Å². The summed E-state index contributed by atoms with van der Waals surface area (Å²) in [7, 11) is -1.56. The maximum atomic E-state index is 13.2. The van der Waals surface area contributed by atoms with Crippen molar-refractivity contribution in [2.75, 3.05) is 11.4 Å². The zero-order valence-corrected chi connectivity index (χ0v) is 21.3. The van der Waals surface area contributed by atoms with Crippen molar-refractivity contribution in [2.24, 2.45) is 0 Å². The van der Waals surface area contributed by atoms with Crippen LogP contribution in [0.1, 0.15) is 23.6 Å². The lowest BCUT2D eigenvalue weighted by Crippen LogP contribution is -2.51. The molecule has 3 aromatic carbocycles. The van der Waals surface area contributed by atoms with Gasteiger partial charge in [-0.05, 0) is 48.7 Å². The molecule has 1 N–H and O–H groups in total. The molecule has 0 saturated carbocycles. The number of ether oxygens (including phenoxy) is 2. The largest absolute Gasteiger partial charge is 0.497 e. The standard InChI is InChI=1S/C27H30N2O6S/c1-19-9-7-8-12-25(19)29(36(32)33)20(2)26(30)28-24(17-21-13-15-23(34-3)16-14-21)27(31)35-18-22-10-5-4-6-11-22/h4-16,20,24,36H,17-18H2,1-3H3,(H,28,30)/t20-,24-/m0/s1. The van der Waals surface area contributed by atoms with Crippen LogP contribution in [0.3, 0.4) is 0 Å². The second-order valence-electron chi connectivity index (χ2n) is 8.25. The summed E-state index contributed by atoms with van der Waals surface area (Å²) in [6.45, 7) is 3.29. The Morgan fingerprint density at radius 2 is 1.56 bits per heavy atom. The highest BCUT2D eigenvalue weighted by atomic mass is 32.2. The predicted octanol–water partition coefficient (Wildman–Crippen LogP) is 3.20. The van der Waals surface area contributed by atoms with E-state index in [0.29, 0.717) is 17.0 Å². The molecule has 0 aromatic heterocycles. The number of methoxy groups -OCH3 is 1. The third kappa shape index (κ3) is 7.08. The van der Waals surface area contributed by atoms with Gasteiger partial charge in [-0.2, -0.15) is 0 Å². The third-order valence-corrected chi connectivity index (χ3v) is 6.62. The van der Waals surface area contributed by atoms with E-state index < -0.39 is 34.9 Å². The lowest BCUT2D eigenvalue weighted by molar-refractivity contribution is -0.149. The molecule has 9 heteroatoms. The zero-order chi connectivity index (χ0) is 26.1. The van der Waals surface area contributed by atoms with E-state index >= 15 is 0 Å². The number of thiol groups is 1. The number of carbonyl (C=O) groups is 2. The van der Waals surface area contributed by atoms with E-state index in [1.165, 1.54) is 6.92 Å². The molecule has 0 aliphatic carbocycles. The molecule has 0 saturated heterocycles. The number of nitrogens with zero attached hydrogens (tertiary/aromatic N) is 1. The Bertz CT molecular complexity index is 1240. The third-order valence-electron chi connectivity index (χ3n) is 5.71. The van der Waals surface area contributed by atoms with Gasteiger partial charge in [0.05, 0.1) is 12.8 Å². The van der Waals surface area contributed by atoms with E-state index in [4.69, 9.17) is 9.47 Å². The minimum absolute atomic E-state index is 0.0476. The first-order chi connectivity index (χ1) is 17.3. The first-order valence-electron chi connectivity index (χ1n) is 11.4. The van der Waals surface area contributed by atoms with Gasteiger partial charge in [-0.3, -0.25) is 9.10 Å². The summed E-state index contributed by atoms with van der Waals surface area (Å²) >= 11 is 0. The Morgan fingerprint density at radius 3 is 2.17 bits per heavy atom. The Balaban J connectivity index is 1.80. The minimum Gasteiger partial charge on any atom is -0.497 e. The number of para-hydroxylation sites is 1. The number of hydrogen-bond acceptors (Lipinski definition) is 6. The van der Waals surface area contributed by atoms with Crippen LogP contribution in [-0.2, 0) is 38.2 Å². The molecule has 0 heterocycles. The van der Waals surface area contributed by atoms with E-state index in [0.717, 1.165) is 15.4 Å². The normalized spacial score (nSPS) is 12.4.